The Balaban J connectivity index is 1.69. The molecule has 0 amide bonds. The summed E-state index contributed by atoms with van der Waals surface area (Å²) in [5, 5.41) is 53.5. The van der Waals surface area contributed by atoms with Crippen LogP contribution in [0.25, 0.3) is 16.5 Å². The van der Waals surface area contributed by atoms with E-state index in [2.05, 4.69) is 32.9 Å². The molecule has 5 N–H and O–H groups in total. The van der Waals surface area contributed by atoms with E-state index in [9.17, 15) is 30.3 Å². The van der Waals surface area contributed by atoms with Gasteiger partial charge >= 0.3 is 5.97 Å². The molecule has 1 aliphatic rings. The van der Waals surface area contributed by atoms with Crippen LogP contribution in [0.1, 0.15) is 74.9 Å². The first-order chi connectivity index (χ1) is 18.3. The van der Waals surface area contributed by atoms with Crippen LogP contribution in [0.3, 0.4) is 0 Å². The lowest BCUT2D eigenvalue weighted by molar-refractivity contribution is -0.0581. The number of ether oxygens (including phenoxy) is 1. The van der Waals surface area contributed by atoms with Crippen LogP contribution < -0.4 is 4.74 Å². The summed E-state index contributed by atoms with van der Waals surface area (Å²) >= 11 is 0. The molecule has 0 fully saturated rings. The highest BCUT2D eigenvalue weighted by Crippen LogP contribution is 2.48. The highest BCUT2D eigenvalue weighted by atomic mass is 16.5. The third-order valence-electron chi connectivity index (χ3n) is 7.68. The summed E-state index contributed by atoms with van der Waals surface area (Å²) in [6.07, 6.45) is 8.60. The number of aliphatic hydroxyl groups is 1. The Labute approximate surface area is 228 Å². The molecule has 2 unspecified atom stereocenters. The Morgan fingerprint density at radius 2 is 1.85 bits per heavy atom. The number of hydrogen-bond donors (Lipinski definition) is 5. The lowest BCUT2D eigenvalue weighted by Gasteiger charge is -2.40. The van der Waals surface area contributed by atoms with Crippen molar-refractivity contribution < 1.29 is 35.1 Å². The number of aromatic hydroxyl groups is 3. The van der Waals surface area contributed by atoms with E-state index in [-0.39, 0.29) is 29.2 Å². The number of carbonyl (C=O) groups is 1. The number of rotatable bonds is 8. The number of aromatic carboxylic acids is 1. The first-order valence-corrected chi connectivity index (χ1v) is 13.1. The summed E-state index contributed by atoms with van der Waals surface area (Å²) in [4.78, 5) is 11.4. The minimum atomic E-state index is -1.26. The van der Waals surface area contributed by atoms with Crippen molar-refractivity contribution in [3.8, 4) is 28.8 Å². The fourth-order valence-electron chi connectivity index (χ4n) is 5.18. The Kier molecular flexibility index (Phi) is 7.70. The predicted octanol–water partition coefficient (Wildman–Crippen LogP) is 6.28. The van der Waals surface area contributed by atoms with Crippen LogP contribution in [-0.2, 0) is 6.42 Å². The van der Waals surface area contributed by atoms with Gasteiger partial charge in [0.05, 0.1) is 17.2 Å². The molecule has 0 saturated heterocycles. The number of aromatic nitrogens is 1. The fourth-order valence-corrected chi connectivity index (χ4v) is 5.18. The van der Waals surface area contributed by atoms with Gasteiger partial charge in [0, 0.05) is 29.1 Å². The van der Waals surface area contributed by atoms with Gasteiger partial charge < -0.3 is 30.3 Å². The molecular formula is C31H37NO7. The number of fused-ring (bicyclic) bond motifs is 3. The largest absolute Gasteiger partial charge is 0.508 e. The Morgan fingerprint density at radius 3 is 2.51 bits per heavy atom. The molecule has 2 atom stereocenters. The number of carboxylic acid groups (broad SMARTS) is 1. The van der Waals surface area contributed by atoms with Crippen molar-refractivity contribution in [2.75, 3.05) is 0 Å². The molecule has 8 heteroatoms. The van der Waals surface area contributed by atoms with Gasteiger partial charge in [0.1, 0.15) is 28.4 Å². The van der Waals surface area contributed by atoms with E-state index in [4.69, 9.17) is 4.74 Å². The average molecular weight is 536 g/mol. The van der Waals surface area contributed by atoms with Gasteiger partial charge in [-0.1, -0.05) is 23.3 Å². The molecule has 3 aromatic rings. The van der Waals surface area contributed by atoms with E-state index >= 15 is 0 Å². The second-order valence-electron chi connectivity index (χ2n) is 10.9. The Morgan fingerprint density at radius 1 is 1.13 bits per heavy atom. The van der Waals surface area contributed by atoms with E-state index in [0.29, 0.717) is 40.6 Å². The number of phenolic OH excluding ortho intramolecular Hbond substituents is 1. The predicted molar refractivity (Wildman–Crippen MR) is 150 cm³/mol. The first kappa shape index (κ1) is 28.1. The van der Waals surface area contributed by atoms with E-state index in [1.807, 2.05) is 6.92 Å². The third-order valence-corrected chi connectivity index (χ3v) is 7.68. The molecule has 1 aromatic heterocycles. The standard InChI is InChI=1S/C31H37NO7/c1-17(2)8-6-9-18(3)10-7-13-31(5)26(34)15-22-25(33)14-21-23(28(22)39-31)16-32(29(21)36)24-12-11-20(30(37)38)27(35)19(24)4/h8,10-12,14,16,26,33-36H,6-7,9,13,15H2,1-5H3,(H,37,38). The van der Waals surface area contributed by atoms with Crippen LogP contribution in [-0.4, -0.2) is 47.8 Å². The zero-order valence-corrected chi connectivity index (χ0v) is 23.1. The van der Waals surface area contributed by atoms with Crippen molar-refractivity contribution >= 4 is 16.7 Å². The smallest absolute Gasteiger partial charge is 0.339 e. The molecule has 0 radical (unpaired) electrons. The summed E-state index contributed by atoms with van der Waals surface area (Å²) in [6.45, 7) is 9.69. The zero-order valence-electron chi connectivity index (χ0n) is 23.1. The maximum atomic E-state index is 11.4. The Bertz CT molecular complexity index is 1490. The van der Waals surface area contributed by atoms with Crippen LogP contribution in [0.4, 0.5) is 0 Å². The van der Waals surface area contributed by atoms with Gasteiger partial charge in [-0.25, -0.2) is 4.79 Å². The zero-order chi connectivity index (χ0) is 28.6. The molecule has 208 valence electrons. The summed E-state index contributed by atoms with van der Waals surface area (Å²) < 4.78 is 7.85. The lowest BCUT2D eigenvalue weighted by Crippen LogP contribution is -2.48. The van der Waals surface area contributed by atoms with Gasteiger partial charge in [-0.3, -0.25) is 4.57 Å². The maximum absolute atomic E-state index is 11.4. The van der Waals surface area contributed by atoms with Crippen molar-refractivity contribution in [2.24, 2.45) is 0 Å². The highest BCUT2D eigenvalue weighted by Gasteiger charge is 2.41. The quantitative estimate of drug-likeness (QED) is 0.214. The Hall–Kier alpha value is -3.91. The normalized spacial score (nSPS) is 19.0. The van der Waals surface area contributed by atoms with E-state index in [1.54, 1.807) is 13.1 Å². The van der Waals surface area contributed by atoms with Crippen molar-refractivity contribution in [2.45, 2.75) is 78.4 Å². The van der Waals surface area contributed by atoms with Crippen molar-refractivity contribution in [3.63, 3.8) is 0 Å². The van der Waals surface area contributed by atoms with E-state index in [0.717, 1.165) is 12.8 Å². The van der Waals surface area contributed by atoms with Crippen molar-refractivity contribution in [1.82, 2.24) is 4.57 Å². The minimum absolute atomic E-state index is 0.0949. The second-order valence-corrected chi connectivity index (χ2v) is 10.9. The van der Waals surface area contributed by atoms with Gasteiger partial charge in [0.25, 0.3) is 0 Å². The summed E-state index contributed by atoms with van der Waals surface area (Å²) in [6, 6.07) is 4.21. The average Bonchev–Trinajstić information content (AvgIpc) is 3.17. The molecule has 2 aromatic carbocycles. The van der Waals surface area contributed by atoms with Crippen LogP contribution in [0.15, 0.2) is 47.7 Å². The van der Waals surface area contributed by atoms with Gasteiger partial charge in [-0.2, -0.15) is 0 Å². The summed E-state index contributed by atoms with van der Waals surface area (Å²) in [5.74, 6) is -1.55. The molecule has 8 nitrogen and oxygen atoms in total. The number of allylic oxidation sites excluding steroid dienone is 4. The lowest BCUT2D eigenvalue weighted by atomic mass is 9.84. The molecular weight excluding hydrogens is 498 g/mol. The number of nitrogens with zero attached hydrogens (tertiary/aromatic N) is 1. The monoisotopic (exact) mass is 535 g/mol. The van der Waals surface area contributed by atoms with Crippen molar-refractivity contribution in [1.29, 1.82) is 0 Å². The molecule has 0 bridgehead atoms. The highest BCUT2D eigenvalue weighted by molar-refractivity contribution is 5.97. The number of benzene rings is 2. The van der Waals surface area contributed by atoms with Crippen LogP contribution in [0.2, 0.25) is 0 Å². The van der Waals surface area contributed by atoms with Gasteiger partial charge in [0.15, 0.2) is 0 Å². The number of hydrogen-bond acceptors (Lipinski definition) is 6. The van der Waals surface area contributed by atoms with E-state index < -0.39 is 23.4 Å². The molecule has 2 heterocycles. The van der Waals surface area contributed by atoms with Crippen LogP contribution >= 0.6 is 0 Å². The second kappa shape index (κ2) is 10.7. The number of carboxylic acids is 1. The molecule has 0 aliphatic carbocycles. The summed E-state index contributed by atoms with van der Waals surface area (Å²) in [7, 11) is 0. The van der Waals surface area contributed by atoms with Gasteiger partial charge in [-0.15, -0.1) is 0 Å². The number of phenols is 2. The van der Waals surface area contributed by atoms with Crippen LogP contribution in [0.5, 0.6) is 23.1 Å². The molecule has 1 aliphatic heterocycles. The molecule has 4 rings (SSSR count). The maximum Gasteiger partial charge on any atom is 0.339 e. The van der Waals surface area contributed by atoms with E-state index in [1.165, 1.54) is 33.9 Å². The molecule has 0 saturated carbocycles. The van der Waals surface area contributed by atoms with Gasteiger partial charge in [0.2, 0.25) is 5.88 Å². The van der Waals surface area contributed by atoms with Crippen molar-refractivity contribution in [3.05, 3.63) is 64.4 Å². The fraction of sp³-hybridized carbons (Fsp3) is 0.387. The topological polar surface area (TPSA) is 132 Å². The van der Waals surface area contributed by atoms with Gasteiger partial charge in [-0.05, 0) is 78.5 Å². The first-order valence-electron chi connectivity index (χ1n) is 13.1. The third kappa shape index (κ3) is 5.34. The summed E-state index contributed by atoms with van der Waals surface area (Å²) in [5.41, 5.74) is 2.53. The SMILES string of the molecule is CC(C)=CCCC(C)=CCCC1(C)Oc2c(c(O)cc3c(O)n(-c4ccc(C(=O)O)c(O)c4C)cc23)CC1O. The molecule has 0 spiro atoms. The minimum Gasteiger partial charge on any atom is -0.508 e. The number of aliphatic hydroxyl groups excluding tert-OH is 1. The molecule has 39 heavy (non-hydrogen) atoms. The van der Waals surface area contributed by atoms with Crippen LogP contribution in [0, 0.1) is 6.92 Å².